The first kappa shape index (κ1) is 17.4. The van der Waals surface area contributed by atoms with Crippen LogP contribution >= 0.6 is 46.1 Å². The summed E-state index contributed by atoms with van der Waals surface area (Å²) >= 11 is 19.6. The van der Waals surface area contributed by atoms with Crippen molar-refractivity contribution in [3.63, 3.8) is 0 Å². The number of hydrogen-bond acceptors (Lipinski definition) is 4. The predicted molar refractivity (Wildman–Crippen MR) is 103 cm³/mol. The summed E-state index contributed by atoms with van der Waals surface area (Å²) in [6, 6.07) is 10.2. The van der Waals surface area contributed by atoms with Crippen molar-refractivity contribution in [2.24, 2.45) is 0 Å². The van der Waals surface area contributed by atoms with Gasteiger partial charge >= 0.3 is 5.97 Å². The highest BCUT2D eigenvalue weighted by molar-refractivity contribution is 7.19. The third kappa shape index (κ3) is 3.10. The summed E-state index contributed by atoms with van der Waals surface area (Å²) in [5.74, 6) is -0.499. The molecule has 0 saturated heterocycles. The lowest BCUT2D eigenvalue weighted by Gasteiger charge is -2.07. The van der Waals surface area contributed by atoms with E-state index in [9.17, 15) is 9.90 Å². The van der Waals surface area contributed by atoms with Gasteiger partial charge in [-0.25, -0.2) is 4.79 Å². The first-order valence-electron chi connectivity index (χ1n) is 7.35. The van der Waals surface area contributed by atoms with E-state index in [0.29, 0.717) is 36.7 Å². The van der Waals surface area contributed by atoms with Crippen LogP contribution < -0.4 is 0 Å². The molecule has 0 aliphatic heterocycles. The van der Waals surface area contributed by atoms with Crippen LogP contribution in [-0.4, -0.2) is 20.8 Å². The van der Waals surface area contributed by atoms with Gasteiger partial charge < -0.3 is 14.2 Å². The van der Waals surface area contributed by atoms with E-state index >= 15 is 0 Å². The van der Waals surface area contributed by atoms with Gasteiger partial charge in [0.05, 0.1) is 26.3 Å². The Kier molecular flexibility index (Phi) is 4.44. The molecular weight excluding hydrogens is 419 g/mol. The van der Waals surface area contributed by atoms with E-state index in [4.69, 9.17) is 39.3 Å². The highest BCUT2D eigenvalue weighted by Gasteiger charge is 2.19. The molecule has 3 aromatic heterocycles. The number of thiophene rings is 1. The zero-order valence-corrected chi connectivity index (χ0v) is 16.0. The van der Waals surface area contributed by atoms with Gasteiger partial charge in [-0.05, 0) is 30.3 Å². The van der Waals surface area contributed by atoms with Crippen LogP contribution in [-0.2, 0) is 6.54 Å². The molecule has 0 aliphatic carbocycles. The molecule has 0 spiro atoms. The zero-order valence-electron chi connectivity index (χ0n) is 12.9. The topological polar surface area (TPSA) is 68.3 Å². The quantitative estimate of drug-likeness (QED) is 0.429. The molecule has 9 heteroatoms. The molecule has 26 heavy (non-hydrogen) atoms. The average molecular weight is 428 g/mol. The van der Waals surface area contributed by atoms with Gasteiger partial charge in [0.1, 0.15) is 11.4 Å². The Hall–Kier alpha value is -1.99. The van der Waals surface area contributed by atoms with Gasteiger partial charge in [0.2, 0.25) is 0 Å². The van der Waals surface area contributed by atoms with Gasteiger partial charge in [-0.2, -0.15) is 0 Å². The summed E-state index contributed by atoms with van der Waals surface area (Å²) in [5.41, 5.74) is 1.24. The Labute approximate surface area is 166 Å². The first-order chi connectivity index (χ1) is 12.4. The van der Waals surface area contributed by atoms with Crippen LogP contribution in [0.1, 0.15) is 16.2 Å². The third-order valence-corrected chi connectivity index (χ3v) is 5.58. The van der Waals surface area contributed by atoms with Crippen molar-refractivity contribution in [1.29, 1.82) is 0 Å². The van der Waals surface area contributed by atoms with Crippen LogP contribution in [0.5, 0.6) is 0 Å². The molecule has 0 fully saturated rings. The second-order valence-electron chi connectivity index (χ2n) is 5.53. The molecule has 0 atom stereocenters. The number of fused-ring (bicyclic) bond motifs is 1. The lowest BCUT2D eigenvalue weighted by Crippen LogP contribution is -2.09. The maximum absolute atomic E-state index is 11.7. The zero-order chi connectivity index (χ0) is 18.4. The number of nitrogens with zero attached hydrogens (tertiary/aromatic N) is 2. The van der Waals surface area contributed by atoms with Gasteiger partial charge in [-0.1, -0.05) is 40.0 Å². The van der Waals surface area contributed by atoms with E-state index in [1.165, 1.54) is 17.4 Å². The smallest absolute Gasteiger partial charge is 0.352 e. The standard InChI is InChI=1S/C17H9Cl3N2O3S/c18-9-3-8-4-12(17(23)24)22(16(8)11(19)5-9)7-10-6-13(25-21-10)14-1-2-15(20)26-14/h1-6H,7H2,(H,23,24). The Morgan fingerprint density at radius 1 is 1.19 bits per heavy atom. The Bertz CT molecular complexity index is 1150. The van der Waals surface area contributed by atoms with Crippen LogP contribution in [0.15, 0.2) is 40.9 Å². The molecule has 4 aromatic rings. The van der Waals surface area contributed by atoms with Gasteiger partial charge in [-0.3, -0.25) is 0 Å². The molecule has 1 N–H and O–H groups in total. The fraction of sp³-hybridized carbons (Fsp3) is 0.0588. The molecule has 1 aromatic carbocycles. The summed E-state index contributed by atoms with van der Waals surface area (Å²) in [5, 5.41) is 15.0. The van der Waals surface area contributed by atoms with Crippen molar-refractivity contribution in [3.8, 4) is 10.6 Å². The van der Waals surface area contributed by atoms with E-state index in [1.807, 2.05) is 6.07 Å². The molecular formula is C17H9Cl3N2O3S. The number of carbonyl (C=O) groups is 1. The molecule has 0 unspecified atom stereocenters. The fourth-order valence-electron chi connectivity index (χ4n) is 2.78. The fourth-order valence-corrected chi connectivity index (χ4v) is 4.38. The third-order valence-electron chi connectivity index (χ3n) is 3.82. The lowest BCUT2D eigenvalue weighted by atomic mass is 10.2. The number of aromatic carboxylic acids is 1. The highest BCUT2D eigenvalue weighted by Crippen LogP contribution is 2.33. The second kappa shape index (κ2) is 6.63. The van der Waals surface area contributed by atoms with Crippen LogP contribution in [0.3, 0.4) is 0 Å². The van der Waals surface area contributed by atoms with Gasteiger partial charge in [0, 0.05) is 16.5 Å². The van der Waals surface area contributed by atoms with E-state index in [-0.39, 0.29) is 12.2 Å². The second-order valence-corrected chi connectivity index (χ2v) is 8.09. The van der Waals surface area contributed by atoms with E-state index in [0.717, 1.165) is 4.88 Å². The molecule has 0 saturated carbocycles. The van der Waals surface area contributed by atoms with Crippen molar-refractivity contribution < 1.29 is 14.4 Å². The summed E-state index contributed by atoms with van der Waals surface area (Å²) in [6.45, 7) is 0.190. The SMILES string of the molecule is O=C(O)c1cc2cc(Cl)cc(Cl)c2n1Cc1cc(-c2ccc(Cl)s2)on1. The maximum atomic E-state index is 11.7. The minimum Gasteiger partial charge on any atom is -0.477 e. The van der Waals surface area contributed by atoms with Crippen LogP contribution in [0, 0.1) is 0 Å². The van der Waals surface area contributed by atoms with Crippen molar-refractivity contribution >= 4 is 63.0 Å². The van der Waals surface area contributed by atoms with Crippen LogP contribution in [0.4, 0.5) is 0 Å². The van der Waals surface area contributed by atoms with Gasteiger partial charge in [0.15, 0.2) is 5.76 Å². The summed E-state index contributed by atoms with van der Waals surface area (Å²) in [4.78, 5) is 12.5. The summed E-state index contributed by atoms with van der Waals surface area (Å²) < 4.78 is 7.59. The number of benzene rings is 1. The minimum atomic E-state index is -1.07. The number of aromatic nitrogens is 2. The first-order valence-corrected chi connectivity index (χ1v) is 9.30. The molecule has 0 amide bonds. The maximum Gasteiger partial charge on any atom is 0.352 e. The molecule has 0 bridgehead atoms. The van der Waals surface area contributed by atoms with Crippen molar-refractivity contribution in [1.82, 2.24) is 9.72 Å². The van der Waals surface area contributed by atoms with Gasteiger partial charge in [-0.15, -0.1) is 11.3 Å². The Morgan fingerprint density at radius 2 is 2.00 bits per heavy atom. The predicted octanol–water partition coefficient (Wildman–Crippen LogP) is 6.06. The number of carboxylic acids is 1. The highest BCUT2D eigenvalue weighted by atomic mass is 35.5. The number of rotatable bonds is 4. The van der Waals surface area contributed by atoms with Crippen molar-refractivity contribution in [2.75, 3.05) is 0 Å². The van der Waals surface area contributed by atoms with E-state index < -0.39 is 5.97 Å². The number of carboxylic acid groups (broad SMARTS) is 1. The molecule has 132 valence electrons. The lowest BCUT2D eigenvalue weighted by molar-refractivity contribution is 0.0686. The van der Waals surface area contributed by atoms with Crippen molar-refractivity contribution in [3.05, 3.63) is 62.2 Å². The van der Waals surface area contributed by atoms with E-state index in [1.54, 1.807) is 28.8 Å². The van der Waals surface area contributed by atoms with Gasteiger partial charge in [0.25, 0.3) is 0 Å². The summed E-state index contributed by atoms with van der Waals surface area (Å²) in [7, 11) is 0. The van der Waals surface area contributed by atoms with Crippen molar-refractivity contribution in [2.45, 2.75) is 6.54 Å². The normalized spacial score (nSPS) is 11.3. The largest absolute Gasteiger partial charge is 0.477 e. The molecule has 5 nitrogen and oxygen atoms in total. The van der Waals surface area contributed by atoms with Crippen LogP contribution in [0.25, 0.3) is 21.5 Å². The molecule has 0 aliphatic rings. The Morgan fingerprint density at radius 3 is 2.69 bits per heavy atom. The van der Waals surface area contributed by atoms with E-state index in [2.05, 4.69) is 5.16 Å². The molecule has 3 heterocycles. The monoisotopic (exact) mass is 426 g/mol. The number of hydrogen-bond donors (Lipinski definition) is 1. The molecule has 4 rings (SSSR count). The average Bonchev–Trinajstić information content (AvgIpc) is 3.26. The molecule has 0 radical (unpaired) electrons. The van der Waals surface area contributed by atoms with Crippen LogP contribution in [0.2, 0.25) is 14.4 Å². The Balaban J connectivity index is 1.78. The summed E-state index contributed by atoms with van der Waals surface area (Å²) in [6.07, 6.45) is 0. The number of halogens is 3. The minimum absolute atomic E-state index is 0.0906.